The van der Waals surface area contributed by atoms with Crippen LogP contribution in [0.4, 0.5) is 0 Å². The van der Waals surface area contributed by atoms with E-state index in [1.54, 1.807) is 0 Å². The highest BCUT2D eigenvalue weighted by Crippen LogP contribution is 2.68. The van der Waals surface area contributed by atoms with Crippen LogP contribution in [0.15, 0.2) is 24.3 Å². The molecule has 4 saturated carbocycles. The number of rotatable bonds is 5. The van der Waals surface area contributed by atoms with Crippen molar-refractivity contribution in [2.45, 2.75) is 105 Å². The normalized spacial score (nSPS) is 47.9. The zero-order valence-electron chi connectivity index (χ0n) is 20.5. The smallest absolute Gasteiger partial charge is 0.0543 e. The van der Waals surface area contributed by atoms with Crippen LogP contribution < -0.4 is 0 Å². The summed E-state index contributed by atoms with van der Waals surface area (Å²) >= 11 is 0. The lowest BCUT2D eigenvalue weighted by atomic mass is 9.44. The van der Waals surface area contributed by atoms with Gasteiger partial charge in [0.05, 0.1) is 6.10 Å². The molecule has 0 radical (unpaired) electrons. The molecule has 0 bridgehead atoms. The van der Waals surface area contributed by atoms with E-state index in [-0.39, 0.29) is 6.10 Å². The summed E-state index contributed by atoms with van der Waals surface area (Å²) in [6.07, 6.45) is 18.1. The predicted octanol–water partition coefficient (Wildman–Crippen LogP) is 7.80. The highest BCUT2D eigenvalue weighted by atomic mass is 16.3. The van der Waals surface area contributed by atoms with Crippen LogP contribution in [0.1, 0.15) is 98.8 Å². The molecule has 0 amide bonds. The van der Waals surface area contributed by atoms with Crippen molar-refractivity contribution in [1.82, 2.24) is 0 Å². The summed E-state index contributed by atoms with van der Waals surface area (Å²) in [7, 11) is 0. The van der Waals surface area contributed by atoms with Crippen molar-refractivity contribution in [3.8, 4) is 0 Å². The van der Waals surface area contributed by atoms with Gasteiger partial charge >= 0.3 is 0 Å². The van der Waals surface area contributed by atoms with Gasteiger partial charge in [0.2, 0.25) is 0 Å². The SMILES string of the molecule is C=C(C)[C@H](C=C[C@@H](C)[C@H]1CC[C@H]2[C@@H]3CC[C@H]4C[C@@H](O)CC[C@]4(C)[C@H]3CC[C@]12C)CC. The summed E-state index contributed by atoms with van der Waals surface area (Å²) in [5.74, 6) is 5.65. The molecule has 0 aromatic carbocycles. The molecule has 0 aromatic heterocycles. The summed E-state index contributed by atoms with van der Waals surface area (Å²) in [6, 6.07) is 0. The highest BCUT2D eigenvalue weighted by molar-refractivity contribution is 5.13. The lowest BCUT2D eigenvalue weighted by Gasteiger charge is -2.61. The number of aliphatic hydroxyl groups excluding tert-OH is 1. The molecule has 4 fully saturated rings. The van der Waals surface area contributed by atoms with Crippen molar-refractivity contribution in [3.63, 3.8) is 0 Å². The summed E-state index contributed by atoms with van der Waals surface area (Å²) in [5.41, 5.74) is 2.34. The van der Waals surface area contributed by atoms with Crippen LogP contribution in [-0.2, 0) is 0 Å². The minimum atomic E-state index is -0.0249. The molecule has 0 heterocycles. The molecule has 1 heteroatoms. The van der Waals surface area contributed by atoms with Crippen LogP contribution in [0.25, 0.3) is 0 Å². The Morgan fingerprint density at radius 2 is 1.70 bits per heavy atom. The van der Waals surface area contributed by atoms with E-state index in [0.29, 0.717) is 22.7 Å². The lowest BCUT2D eigenvalue weighted by Crippen LogP contribution is -2.54. The summed E-state index contributed by atoms with van der Waals surface area (Å²) < 4.78 is 0. The van der Waals surface area contributed by atoms with Gasteiger partial charge in [0, 0.05) is 0 Å². The minimum absolute atomic E-state index is 0.0249. The van der Waals surface area contributed by atoms with E-state index < -0.39 is 0 Å². The predicted molar refractivity (Wildman–Crippen MR) is 128 cm³/mol. The minimum Gasteiger partial charge on any atom is -0.393 e. The van der Waals surface area contributed by atoms with Crippen molar-refractivity contribution >= 4 is 0 Å². The average molecular weight is 413 g/mol. The molecule has 4 aliphatic carbocycles. The van der Waals surface area contributed by atoms with Crippen molar-refractivity contribution in [3.05, 3.63) is 24.3 Å². The maximum absolute atomic E-state index is 10.3. The molecule has 0 unspecified atom stereocenters. The monoisotopic (exact) mass is 412 g/mol. The Hall–Kier alpha value is -0.560. The fourth-order valence-corrected chi connectivity index (χ4v) is 9.23. The van der Waals surface area contributed by atoms with Crippen LogP contribution in [0.5, 0.6) is 0 Å². The van der Waals surface area contributed by atoms with E-state index in [0.717, 1.165) is 42.4 Å². The molecule has 30 heavy (non-hydrogen) atoms. The van der Waals surface area contributed by atoms with Gasteiger partial charge < -0.3 is 5.11 Å². The first-order valence-corrected chi connectivity index (χ1v) is 13.2. The molecule has 0 spiro atoms. The third-order valence-electron chi connectivity index (χ3n) is 11.1. The molecule has 4 rings (SSSR count). The number of fused-ring (bicyclic) bond motifs is 5. The van der Waals surface area contributed by atoms with Gasteiger partial charge in [0.25, 0.3) is 0 Å². The van der Waals surface area contributed by atoms with Crippen LogP contribution >= 0.6 is 0 Å². The Bertz CT molecular complexity index is 663. The van der Waals surface area contributed by atoms with Crippen molar-refractivity contribution < 1.29 is 5.11 Å². The summed E-state index contributed by atoms with van der Waals surface area (Å²) in [6.45, 7) is 16.4. The van der Waals surface area contributed by atoms with E-state index >= 15 is 0 Å². The maximum atomic E-state index is 10.3. The molecule has 1 nitrogen and oxygen atoms in total. The summed E-state index contributed by atoms with van der Waals surface area (Å²) in [4.78, 5) is 0. The molecule has 0 aliphatic heterocycles. The molecular weight excluding hydrogens is 364 g/mol. The van der Waals surface area contributed by atoms with E-state index in [2.05, 4.69) is 53.3 Å². The molecule has 4 aliphatic rings. The van der Waals surface area contributed by atoms with Gasteiger partial charge in [-0.1, -0.05) is 52.0 Å². The molecule has 1 N–H and O–H groups in total. The second-order valence-electron chi connectivity index (χ2n) is 12.4. The Kier molecular flexibility index (Phi) is 6.35. The topological polar surface area (TPSA) is 20.2 Å². The fraction of sp³-hybridized carbons (Fsp3) is 0.862. The molecule has 170 valence electrons. The first-order chi connectivity index (χ1) is 14.2. The van der Waals surface area contributed by atoms with Crippen LogP contribution in [0, 0.1) is 52.3 Å². The number of allylic oxidation sites excluding steroid dienone is 3. The van der Waals surface area contributed by atoms with E-state index in [1.165, 1.54) is 56.9 Å². The average Bonchev–Trinajstić information content (AvgIpc) is 3.06. The second-order valence-corrected chi connectivity index (χ2v) is 12.4. The standard InChI is InChI=1S/C29H48O/c1-7-21(19(2)3)9-8-20(4)25-12-13-26-24-11-10-22-18-23(30)14-16-28(22,5)27(24)15-17-29(25,26)6/h8-9,20-27,30H,2,7,10-18H2,1,3-6H3/t20-,21+,22+,23+,24+,25-,26+,27+,28+,29-/m1/s1. The third kappa shape index (κ3) is 3.66. The Morgan fingerprint density at radius 3 is 2.40 bits per heavy atom. The second kappa shape index (κ2) is 8.42. The zero-order valence-corrected chi connectivity index (χ0v) is 20.5. The lowest BCUT2D eigenvalue weighted by molar-refractivity contribution is -0.128. The van der Waals surface area contributed by atoms with E-state index in [9.17, 15) is 5.11 Å². The third-order valence-corrected chi connectivity index (χ3v) is 11.1. The van der Waals surface area contributed by atoms with Gasteiger partial charge in [0.1, 0.15) is 0 Å². The quantitative estimate of drug-likeness (QED) is 0.457. The van der Waals surface area contributed by atoms with Crippen molar-refractivity contribution in [2.75, 3.05) is 0 Å². The van der Waals surface area contributed by atoms with Gasteiger partial charge in [-0.25, -0.2) is 0 Å². The van der Waals surface area contributed by atoms with Crippen molar-refractivity contribution in [2.24, 2.45) is 52.3 Å². The van der Waals surface area contributed by atoms with E-state index in [4.69, 9.17) is 0 Å². The molecule has 10 atom stereocenters. The number of hydrogen-bond donors (Lipinski definition) is 1. The first-order valence-electron chi connectivity index (χ1n) is 13.2. The summed E-state index contributed by atoms with van der Waals surface area (Å²) in [5, 5.41) is 10.3. The zero-order chi connectivity index (χ0) is 21.7. The van der Waals surface area contributed by atoms with Gasteiger partial charge in [-0.3, -0.25) is 0 Å². The number of aliphatic hydroxyl groups is 1. The van der Waals surface area contributed by atoms with Crippen LogP contribution in [0.2, 0.25) is 0 Å². The Labute approximate surface area is 186 Å². The maximum Gasteiger partial charge on any atom is 0.0543 e. The van der Waals surface area contributed by atoms with Gasteiger partial charge in [-0.15, -0.1) is 0 Å². The molecule has 0 saturated heterocycles. The van der Waals surface area contributed by atoms with Crippen LogP contribution in [-0.4, -0.2) is 11.2 Å². The Balaban J connectivity index is 1.50. The fourth-order valence-electron chi connectivity index (χ4n) is 9.23. The first kappa shape index (κ1) is 22.6. The molecular formula is C29H48O. The Morgan fingerprint density at radius 1 is 1.00 bits per heavy atom. The van der Waals surface area contributed by atoms with Crippen molar-refractivity contribution in [1.29, 1.82) is 0 Å². The van der Waals surface area contributed by atoms with Gasteiger partial charge in [-0.05, 0) is 123 Å². The van der Waals surface area contributed by atoms with E-state index in [1.807, 2.05) is 0 Å². The van der Waals surface area contributed by atoms with Gasteiger partial charge in [-0.2, -0.15) is 0 Å². The molecule has 0 aromatic rings. The number of hydrogen-bond acceptors (Lipinski definition) is 1. The van der Waals surface area contributed by atoms with Crippen LogP contribution in [0.3, 0.4) is 0 Å². The largest absolute Gasteiger partial charge is 0.393 e. The van der Waals surface area contributed by atoms with Gasteiger partial charge in [0.15, 0.2) is 0 Å². The highest BCUT2D eigenvalue weighted by Gasteiger charge is 2.60.